The highest BCUT2D eigenvalue weighted by Gasteiger charge is 2.15. The maximum absolute atomic E-state index is 8.98. The van der Waals surface area contributed by atoms with Crippen LogP contribution in [0.2, 0.25) is 0 Å². The predicted octanol–water partition coefficient (Wildman–Crippen LogP) is 3.55. The second-order valence-electron chi connectivity index (χ2n) is 4.44. The summed E-state index contributed by atoms with van der Waals surface area (Å²) in [5.41, 5.74) is 1.36. The van der Waals surface area contributed by atoms with Gasteiger partial charge in [-0.25, -0.2) is 0 Å². The zero-order valence-electron chi connectivity index (χ0n) is 10.4. The van der Waals surface area contributed by atoms with Gasteiger partial charge in [0.2, 0.25) is 0 Å². The highest BCUT2D eigenvalue weighted by molar-refractivity contribution is 9.10. The Balaban J connectivity index is 2.64. The minimum atomic E-state index is -0.147. The zero-order chi connectivity index (χ0) is 12.9. The molecule has 0 unspecified atom stereocenters. The SMILES string of the molecule is COC(C)(C)CCNc1cc(Br)ccc1C#N. The molecule has 0 saturated carbocycles. The smallest absolute Gasteiger partial charge is 0.101 e. The van der Waals surface area contributed by atoms with Crippen molar-refractivity contribution in [1.82, 2.24) is 0 Å². The van der Waals surface area contributed by atoms with Gasteiger partial charge in [-0.3, -0.25) is 0 Å². The van der Waals surface area contributed by atoms with Crippen LogP contribution in [0.3, 0.4) is 0 Å². The molecule has 4 heteroatoms. The van der Waals surface area contributed by atoms with Gasteiger partial charge >= 0.3 is 0 Å². The number of halogens is 1. The number of benzene rings is 1. The van der Waals surface area contributed by atoms with Crippen molar-refractivity contribution in [3.8, 4) is 6.07 Å². The van der Waals surface area contributed by atoms with Crippen LogP contribution in [0.1, 0.15) is 25.8 Å². The summed E-state index contributed by atoms with van der Waals surface area (Å²) in [4.78, 5) is 0. The number of hydrogen-bond donors (Lipinski definition) is 1. The fraction of sp³-hybridized carbons (Fsp3) is 0.462. The van der Waals surface area contributed by atoms with Gasteiger partial charge in [0.25, 0.3) is 0 Å². The van der Waals surface area contributed by atoms with E-state index >= 15 is 0 Å². The van der Waals surface area contributed by atoms with Crippen LogP contribution in [0.4, 0.5) is 5.69 Å². The normalized spacial score (nSPS) is 11.0. The van der Waals surface area contributed by atoms with E-state index in [2.05, 4.69) is 27.3 Å². The number of nitrogens with zero attached hydrogens (tertiary/aromatic N) is 1. The molecule has 0 radical (unpaired) electrons. The van der Waals surface area contributed by atoms with E-state index in [4.69, 9.17) is 10.00 Å². The highest BCUT2D eigenvalue weighted by atomic mass is 79.9. The van der Waals surface area contributed by atoms with E-state index in [0.717, 1.165) is 23.1 Å². The fourth-order valence-electron chi connectivity index (χ4n) is 1.36. The third-order valence-electron chi connectivity index (χ3n) is 2.70. The van der Waals surface area contributed by atoms with E-state index < -0.39 is 0 Å². The Morgan fingerprint density at radius 3 is 2.76 bits per heavy atom. The second kappa shape index (κ2) is 6.04. The summed E-state index contributed by atoms with van der Waals surface area (Å²) in [5, 5.41) is 12.2. The highest BCUT2D eigenvalue weighted by Crippen LogP contribution is 2.21. The van der Waals surface area contributed by atoms with Gasteiger partial charge in [0.05, 0.1) is 16.9 Å². The molecule has 0 spiro atoms. The van der Waals surface area contributed by atoms with Gasteiger partial charge in [0.1, 0.15) is 6.07 Å². The van der Waals surface area contributed by atoms with Gasteiger partial charge in [-0.05, 0) is 38.5 Å². The van der Waals surface area contributed by atoms with Crippen molar-refractivity contribution in [3.63, 3.8) is 0 Å². The number of rotatable bonds is 5. The Morgan fingerprint density at radius 2 is 2.18 bits per heavy atom. The number of ether oxygens (including phenoxy) is 1. The van der Waals surface area contributed by atoms with Crippen LogP contribution in [0.15, 0.2) is 22.7 Å². The summed E-state index contributed by atoms with van der Waals surface area (Å²) in [6.07, 6.45) is 0.876. The molecule has 0 aromatic heterocycles. The number of nitrogens with one attached hydrogen (secondary N) is 1. The fourth-order valence-corrected chi connectivity index (χ4v) is 1.72. The molecule has 1 rings (SSSR count). The Hall–Kier alpha value is -1.05. The largest absolute Gasteiger partial charge is 0.384 e. The van der Waals surface area contributed by atoms with Crippen molar-refractivity contribution in [2.75, 3.05) is 19.0 Å². The summed E-state index contributed by atoms with van der Waals surface area (Å²) in [6, 6.07) is 7.75. The third kappa shape index (κ3) is 4.37. The second-order valence-corrected chi connectivity index (χ2v) is 5.36. The molecule has 0 aliphatic heterocycles. The minimum Gasteiger partial charge on any atom is -0.384 e. The maximum Gasteiger partial charge on any atom is 0.101 e. The van der Waals surface area contributed by atoms with Crippen molar-refractivity contribution in [2.24, 2.45) is 0 Å². The van der Waals surface area contributed by atoms with Crippen LogP contribution in [-0.4, -0.2) is 19.3 Å². The first kappa shape index (κ1) is 14.0. The van der Waals surface area contributed by atoms with Crippen LogP contribution in [-0.2, 0) is 4.74 Å². The average molecular weight is 297 g/mol. The molecule has 0 atom stereocenters. The van der Waals surface area contributed by atoms with Crippen molar-refractivity contribution >= 4 is 21.6 Å². The molecule has 0 saturated heterocycles. The monoisotopic (exact) mass is 296 g/mol. The predicted molar refractivity (Wildman–Crippen MR) is 73.1 cm³/mol. The van der Waals surface area contributed by atoms with Gasteiger partial charge < -0.3 is 10.1 Å². The molecule has 1 aromatic rings. The molecule has 0 aliphatic carbocycles. The number of anilines is 1. The Morgan fingerprint density at radius 1 is 1.47 bits per heavy atom. The van der Waals surface area contributed by atoms with Crippen LogP contribution in [0, 0.1) is 11.3 Å². The molecule has 0 bridgehead atoms. The number of methoxy groups -OCH3 is 1. The van der Waals surface area contributed by atoms with Crippen LogP contribution in [0.25, 0.3) is 0 Å². The van der Waals surface area contributed by atoms with E-state index in [1.165, 1.54) is 0 Å². The standard InChI is InChI=1S/C13H17BrN2O/c1-13(2,17-3)6-7-16-12-8-11(14)5-4-10(12)9-15/h4-5,8,16H,6-7H2,1-3H3. The molecule has 0 fully saturated rings. The molecule has 0 amide bonds. The van der Waals surface area contributed by atoms with Crippen molar-refractivity contribution in [2.45, 2.75) is 25.9 Å². The quantitative estimate of drug-likeness (QED) is 0.904. The molecule has 0 heterocycles. The Labute approximate surface area is 111 Å². The Kier molecular flexibility index (Phi) is 4.98. The minimum absolute atomic E-state index is 0.147. The lowest BCUT2D eigenvalue weighted by molar-refractivity contribution is 0.0185. The lowest BCUT2D eigenvalue weighted by Gasteiger charge is -2.23. The number of nitriles is 1. The van der Waals surface area contributed by atoms with Crippen molar-refractivity contribution < 1.29 is 4.74 Å². The molecular weight excluding hydrogens is 280 g/mol. The summed E-state index contributed by atoms with van der Waals surface area (Å²) >= 11 is 3.40. The first-order chi connectivity index (χ1) is 7.98. The van der Waals surface area contributed by atoms with Crippen LogP contribution in [0.5, 0.6) is 0 Å². The Bertz CT molecular complexity index is 424. The lowest BCUT2D eigenvalue weighted by atomic mass is 10.1. The van der Waals surface area contributed by atoms with E-state index in [9.17, 15) is 0 Å². The molecule has 17 heavy (non-hydrogen) atoms. The van der Waals surface area contributed by atoms with Gasteiger partial charge in [-0.15, -0.1) is 0 Å². The van der Waals surface area contributed by atoms with Gasteiger partial charge in [-0.2, -0.15) is 5.26 Å². The molecule has 1 aromatic carbocycles. The van der Waals surface area contributed by atoms with Gasteiger partial charge in [0.15, 0.2) is 0 Å². The maximum atomic E-state index is 8.98. The van der Waals surface area contributed by atoms with Gasteiger partial charge in [-0.1, -0.05) is 15.9 Å². The van der Waals surface area contributed by atoms with Crippen LogP contribution < -0.4 is 5.32 Å². The molecule has 92 valence electrons. The van der Waals surface area contributed by atoms with Crippen molar-refractivity contribution in [3.05, 3.63) is 28.2 Å². The summed E-state index contributed by atoms with van der Waals surface area (Å²) in [5.74, 6) is 0. The first-order valence-electron chi connectivity index (χ1n) is 5.47. The molecule has 1 N–H and O–H groups in total. The van der Waals surface area contributed by atoms with E-state index in [0.29, 0.717) is 5.56 Å². The van der Waals surface area contributed by atoms with Gasteiger partial charge in [0, 0.05) is 18.1 Å². The third-order valence-corrected chi connectivity index (χ3v) is 3.19. The van der Waals surface area contributed by atoms with E-state index in [1.54, 1.807) is 13.2 Å². The molecule has 0 aliphatic rings. The average Bonchev–Trinajstić information content (AvgIpc) is 2.29. The van der Waals surface area contributed by atoms with Crippen LogP contribution >= 0.6 is 15.9 Å². The molecular formula is C13H17BrN2O. The lowest BCUT2D eigenvalue weighted by Crippen LogP contribution is -2.25. The molecule has 3 nitrogen and oxygen atoms in total. The first-order valence-corrected chi connectivity index (χ1v) is 6.26. The van der Waals surface area contributed by atoms with E-state index in [-0.39, 0.29) is 5.60 Å². The summed E-state index contributed by atoms with van der Waals surface area (Å²) < 4.78 is 6.30. The summed E-state index contributed by atoms with van der Waals surface area (Å²) in [6.45, 7) is 4.85. The van der Waals surface area contributed by atoms with Crippen molar-refractivity contribution in [1.29, 1.82) is 5.26 Å². The topological polar surface area (TPSA) is 45.0 Å². The zero-order valence-corrected chi connectivity index (χ0v) is 12.0. The number of hydrogen-bond acceptors (Lipinski definition) is 3. The summed E-state index contributed by atoms with van der Waals surface area (Å²) in [7, 11) is 1.71. The van der Waals surface area contributed by atoms with E-state index in [1.807, 2.05) is 26.0 Å².